The molecule has 28 heavy (non-hydrogen) atoms. The van der Waals surface area contributed by atoms with E-state index in [1.165, 1.54) is 6.92 Å². The van der Waals surface area contributed by atoms with Crippen molar-refractivity contribution in [2.24, 2.45) is 0 Å². The van der Waals surface area contributed by atoms with Gasteiger partial charge in [0.15, 0.2) is 11.5 Å². The highest BCUT2D eigenvalue weighted by atomic mass is 16.5. The fraction of sp³-hybridized carbons (Fsp3) is 0.273. The van der Waals surface area contributed by atoms with Gasteiger partial charge in [-0.2, -0.15) is 0 Å². The minimum absolute atomic E-state index is 0.147. The first-order chi connectivity index (χ1) is 13.5. The summed E-state index contributed by atoms with van der Waals surface area (Å²) in [6, 6.07) is 11.7. The van der Waals surface area contributed by atoms with Crippen molar-refractivity contribution in [3.8, 4) is 17.2 Å². The van der Waals surface area contributed by atoms with E-state index in [2.05, 4.69) is 4.98 Å². The number of pyridine rings is 1. The van der Waals surface area contributed by atoms with Gasteiger partial charge in [0.1, 0.15) is 12.4 Å². The van der Waals surface area contributed by atoms with Crippen molar-refractivity contribution >= 4 is 16.7 Å². The van der Waals surface area contributed by atoms with Crippen LogP contribution in [0.5, 0.6) is 17.2 Å². The molecular formula is C22H23NO5. The molecule has 0 fully saturated rings. The molecule has 2 aromatic carbocycles. The van der Waals surface area contributed by atoms with Crippen LogP contribution in [0.1, 0.15) is 23.7 Å². The largest absolute Gasteiger partial charge is 0.497 e. The number of nitrogens with zero attached hydrogens (tertiary/aromatic N) is 1. The van der Waals surface area contributed by atoms with Crippen LogP contribution >= 0.6 is 0 Å². The summed E-state index contributed by atoms with van der Waals surface area (Å²) in [6.07, 6.45) is 2.36. The molecule has 6 heteroatoms. The Morgan fingerprint density at radius 3 is 2.32 bits per heavy atom. The molecule has 1 heterocycles. The van der Waals surface area contributed by atoms with Gasteiger partial charge in [-0.15, -0.1) is 0 Å². The SMILES string of the molecule is COc1cccc(Cc2ncc(COC(C)=O)c3cc(OC)c(OC)cc23)c1. The summed E-state index contributed by atoms with van der Waals surface area (Å²) in [5.41, 5.74) is 2.77. The summed E-state index contributed by atoms with van der Waals surface area (Å²) in [5, 5.41) is 1.83. The van der Waals surface area contributed by atoms with Gasteiger partial charge < -0.3 is 18.9 Å². The fourth-order valence-corrected chi connectivity index (χ4v) is 3.09. The Hall–Kier alpha value is -3.28. The van der Waals surface area contributed by atoms with Gasteiger partial charge in [-0.1, -0.05) is 12.1 Å². The Morgan fingerprint density at radius 1 is 0.964 bits per heavy atom. The molecular weight excluding hydrogens is 358 g/mol. The molecule has 1 aromatic heterocycles. The van der Waals surface area contributed by atoms with Gasteiger partial charge in [-0.3, -0.25) is 9.78 Å². The second-order valence-corrected chi connectivity index (χ2v) is 6.29. The first kappa shape index (κ1) is 19.5. The molecule has 0 aliphatic carbocycles. The maximum absolute atomic E-state index is 11.2. The number of rotatable bonds is 7. The van der Waals surface area contributed by atoms with Crippen LogP contribution in [-0.4, -0.2) is 32.3 Å². The number of benzene rings is 2. The zero-order valence-corrected chi connectivity index (χ0v) is 16.4. The average molecular weight is 381 g/mol. The third-order valence-corrected chi connectivity index (χ3v) is 4.49. The van der Waals surface area contributed by atoms with Gasteiger partial charge in [0, 0.05) is 30.5 Å². The zero-order chi connectivity index (χ0) is 20.1. The van der Waals surface area contributed by atoms with Crippen LogP contribution in [0, 0.1) is 0 Å². The molecule has 3 aromatic rings. The third-order valence-electron chi connectivity index (χ3n) is 4.49. The van der Waals surface area contributed by atoms with E-state index in [9.17, 15) is 4.79 Å². The summed E-state index contributed by atoms with van der Waals surface area (Å²) in [5.74, 6) is 1.69. The second kappa shape index (κ2) is 8.61. The van der Waals surface area contributed by atoms with Gasteiger partial charge in [0.05, 0.1) is 27.0 Å². The standard InChI is InChI=1S/C22H23NO5/c1-14(24)28-13-16-12-23-20(9-15-6-5-7-17(8-15)25-2)19-11-22(27-4)21(26-3)10-18(16)19/h5-8,10-12H,9,13H2,1-4H3. The van der Waals surface area contributed by atoms with Crippen LogP contribution < -0.4 is 14.2 Å². The minimum Gasteiger partial charge on any atom is -0.497 e. The highest BCUT2D eigenvalue weighted by Gasteiger charge is 2.15. The Kier molecular flexibility index (Phi) is 5.99. The topological polar surface area (TPSA) is 66.9 Å². The van der Waals surface area contributed by atoms with Crippen LogP contribution in [0.15, 0.2) is 42.6 Å². The first-order valence-corrected chi connectivity index (χ1v) is 8.84. The summed E-state index contributed by atoms with van der Waals surface area (Å²) < 4.78 is 21.4. The molecule has 0 atom stereocenters. The quantitative estimate of drug-likeness (QED) is 0.578. The molecule has 0 saturated carbocycles. The molecule has 0 amide bonds. The summed E-state index contributed by atoms with van der Waals surface area (Å²) in [7, 11) is 4.84. The van der Waals surface area contributed by atoms with Gasteiger partial charge in [0.25, 0.3) is 0 Å². The van der Waals surface area contributed by atoms with Crippen LogP contribution in [0.4, 0.5) is 0 Å². The second-order valence-electron chi connectivity index (χ2n) is 6.29. The lowest BCUT2D eigenvalue weighted by atomic mass is 10.00. The molecule has 0 aliphatic rings. The van der Waals surface area contributed by atoms with Crippen molar-refractivity contribution in [1.82, 2.24) is 4.98 Å². The molecule has 0 radical (unpaired) electrons. The van der Waals surface area contributed by atoms with Crippen molar-refractivity contribution < 1.29 is 23.7 Å². The van der Waals surface area contributed by atoms with E-state index in [0.29, 0.717) is 17.9 Å². The smallest absolute Gasteiger partial charge is 0.302 e. The number of hydrogen-bond acceptors (Lipinski definition) is 6. The molecule has 0 unspecified atom stereocenters. The van der Waals surface area contributed by atoms with Crippen molar-refractivity contribution in [2.45, 2.75) is 20.0 Å². The normalized spacial score (nSPS) is 10.6. The van der Waals surface area contributed by atoms with E-state index in [0.717, 1.165) is 33.3 Å². The van der Waals surface area contributed by atoms with Crippen molar-refractivity contribution in [2.75, 3.05) is 21.3 Å². The van der Waals surface area contributed by atoms with Crippen molar-refractivity contribution in [3.05, 3.63) is 59.4 Å². The van der Waals surface area contributed by atoms with E-state index in [1.54, 1.807) is 27.5 Å². The fourth-order valence-electron chi connectivity index (χ4n) is 3.09. The average Bonchev–Trinajstić information content (AvgIpc) is 2.72. The van der Waals surface area contributed by atoms with Crippen LogP contribution in [0.3, 0.4) is 0 Å². The number of hydrogen-bond donors (Lipinski definition) is 0. The highest BCUT2D eigenvalue weighted by Crippen LogP contribution is 2.35. The molecule has 0 spiro atoms. The molecule has 0 saturated heterocycles. The Labute approximate surface area is 164 Å². The van der Waals surface area contributed by atoms with E-state index < -0.39 is 0 Å². The third kappa shape index (κ3) is 4.17. The number of esters is 1. The van der Waals surface area contributed by atoms with Crippen molar-refractivity contribution in [3.63, 3.8) is 0 Å². The van der Waals surface area contributed by atoms with Gasteiger partial charge in [0.2, 0.25) is 0 Å². The predicted molar refractivity (Wildman–Crippen MR) is 106 cm³/mol. The van der Waals surface area contributed by atoms with Gasteiger partial charge in [-0.05, 0) is 35.2 Å². The lowest BCUT2D eigenvalue weighted by Gasteiger charge is -2.15. The first-order valence-electron chi connectivity index (χ1n) is 8.84. The lowest BCUT2D eigenvalue weighted by Crippen LogP contribution is -2.03. The van der Waals surface area contributed by atoms with Crippen LogP contribution in [-0.2, 0) is 22.6 Å². The number of methoxy groups -OCH3 is 3. The lowest BCUT2D eigenvalue weighted by molar-refractivity contribution is -0.142. The minimum atomic E-state index is -0.339. The Balaban J connectivity index is 2.11. The number of carbonyl (C=O) groups is 1. The Bertz CT molecular complexity index is 1000. The number of carbonyl (C=O) groups excluding carboxylic acids is 1. The maximum atomic E-state index is 11.2. The molecule has 0 bridgehead atoms. The molecule has 6 nitrogen and oxygen atoms in total. The number of aromatic nitrogens is 1. The summed E-state index contributed by atoms with van der Waals surface area (Å²) in [6.45, 7) is 1.53. The Morgan fingerprint density at radius 2 is 1.68 bits per heavy atom. The van der Waals surface area contributed by atoms with Crippen molar-refractivity contribution in [1.29, 1.82) is 0 Å². The maximum Gasteiger partial charge on any atom is 0.302 e. The zero-order valence-electron chi connectivity index (χ0n) is 16.4. The van der Waals surface area contributed by atoms with E-state index in [-0.39, 0.29) is 12.6 Å². The van der Waals surface area contributed by atoms with E-state index in [4.69, 9.17) is 18.9 Å². The van der Waals surface area contributed by atoms with Gasteiger partial charge in [-0.25, -0.2) is 0 Å². The van der Waals surface area contributed by atoms with E-state index >= 15 is 0 Å². The molecule has 0 N–H and O–H groups in total. The highest BCUT2D eigenvalue weighted by molar-refractivity contribution is 5.91. The molecule has 146 valence electrons. The molecule has 0 aliphatic heterocycles. The summed E-state index contributed by atoms with van der Waals surface area (Å²) in [4.78, 5) is 15.9. The predicted octanol–water partition coefficient (Wildman–Crippen LogP) is 3.91. The van der Waals surface area contributed by atoms with E-state index in [1.807, 2.05) is 36.4 Å². The van der Waals surface area contributed by atoms with Crippen LogP contribution in [0.2, 0.25) is 0 Å². The number of fused-ring (bicyclic) bond motifs is 1. The summed E-state index contributed by atoms with van der Waals surface area (Å²) >= 11 is 0. The monoisotopic (exact) mass is 381 g/mol. The van der Waals surface area contributed by atoms with Crippen LogP contribution in [0.25, 0.3) is 10.8 Å². The molecule has 3 rings (SSSR count). The number of ether oxygens (including phenoxy) is 4. The van der Waals surface area contributed by atoms with Gasteiger partial charge >= 0.3 is 5.97 Å².